The lowest BCUT2D eigenvalue weighted by atomic mass is 9.81. The zero-order chi connectivity index (χ0) is 23.4. The van der Waals surface area contributed by atoms with Crippen LogP contribution in [0.15, 0.2) is 30.3 Å². The van der Waals surface area contributed by atoms with Gasteiger partial charge in [-0.2, -0.15) is 0 Å². The molecule has 0 saturated heterocycles. The van der Waals surface area contributed by atoms with E-state index in [1.807, 2.05) is 0 Å². The average molecular weight is 444 g/mol. The fourth-order valence-electron chi connectivity index (χ4n) is 4.42. The second-order valence-corrected chi connectivity index (χ2v) is 7.46. The topological polar surface area (TPSA) is 112 Å². The number of phenolic OH excluding ortho intramolecular Hbond substituents is 2. The Morgan fingerprint density at radius 1 is 0.875 bits per heavy atom. The minimum atomic E-state index is -0.755. The maximum Gasteiger partial charge on any atom is 0.310 e. The molecule has 3 rings (SSSR count). The van der Waals surface area contributed by atoms with Crippen molar-refractivity contribution in [1.29, 1.82) is 0 Å². The number of phenols is 2. The minimum Gasteiger partial charge on any atom is -0.504 e. The van der Waals surface area contributed by atoms with E-state index in [1.165, 1.54) is 20.3 Å². The predicted molar refractivity (Wildman–Crippen MR) is 115 cm³/mol. The molecule has 3 atom stereocenters. The summed E-state index contributed by atoms with van der Waals surface area (Å²) in [4.78, 5) is 25.6. The highest BCUT2D eigenvalue weighted by Crippen LogP contribution is 2.54. The van der Waals surface area contributed by atoms with Crippen molar-refractivity contribution in [3.8, 4) is 23.0 Å². The van der Waals surface area contributed by atoms with Crippen LogP contribution in [0.3, 0.4) is 0 Å². The van der Waals surface area contributed by atoms with Crippen LogP contribution in [0.4, 0.5) is 0 Å². The maximum atomic E-state index is 13.2. The average Bonchev–Trinajstić information content (AvgIpc) is 3.06. The highest BCUT2D eigenvalue weighted by molar-refractivity contribution is 5.81. The highest BCUT2D eigenvalue weighted by Gasteiger charge is 2.48. The van der Waals surface area contributed by atoms with Crippen molar-refractivity contribution in [2.24, 2.45) is 5.92 Å². The normalized spacial score (nSPS) is 19.2. The van der Waals surface area contributed by atoms with Gasteiger partial charge < -0.3 is 29.2 Å². The Balaban J connectivity index is 2.22. The lowest BCUT2D eigenvalue weighted by Gasteiger charge is -2.24. The lowest BCUT2D eigenvalue weighted by molar-refractivity contribution is -0.150. The second-order valence-electron chi connectivity index (χ2n) is 7.46. The predicted octanol–water partition coefficient (Wildman–Crippen LogP) is 3.48. The molecule has 0 unspecified atom stereocenters. The molecule has 0 aliphatic heterocycles. The van der Waals surface area contributed by atoms with Crippen molar-refractivity contribution in [3.63, 3.8) is 0 Å². The van der Waals surface area contributed by atoms with Crippen molar-refractivity contribution in [1.82, 2.24) is 0 Å². The van der Waals surface area contributed by atoms with Crippen LogP contribution < -0.4 is 9.47 Å². The quantitative estimate of drug-likeness (QED) is 0.596. The first kappa shape index (κ1) is 23.2. The number of carbonyl (C=O) groups excluding carboxylic acids is 2. The SMILES string of the molecule is CCOC(=O)C[C@H]1c2cc(OC)c(O)cc2[C@@H](c2ccc(O)c(OC)c2)[C@@H]1C(=O)OCC. The molecule has 1 aliphatic carbocycles. The standard InChI is InChI=1S/C24H28O8/c1-5-31-21(27)12-16-14-11-20(30-4)18(26)10-15(14)22(23(16)24(28)32-6-2)13-7-8-17(25)19(9-13)29-3/h7-11,16,22-23,25-26H,5-6,12H2,1-4H3/t16-,22+,23+/m0/s1. The van der Waals surface area contributed by atoms with E-state index in [9.17, 15) is 19.8 Å². The molecule has 2 aromatic carbocycles. The van der Waals surface area contributed by atoms with Crippen molar-refractivity contribution < 1.29 is 38.7 Å². The van der Waals surface area contributed by atoms with E-state index in [0.29, 0.717) is 16.7 Å². The zero-order valence-corrected chi connectivity index (χ0v) is 18.6. The molecule has 2 N–H and O–H groups in total. The first-order valence-electron chi connectivity index (χ1n) is 10.5. The van der Waals surface area contributed by atoms with Crippen LogP contribution in [0.25, 0.3) is 0 Å². The molecule has 0 aromatic heterocycles. The van der Waals surface area contributed by atoms with E-state index in [4.69, 9.17) is 18.9 Å². The number of esters is 2. The lowest BCUT2D eigenvalue weighted by Crippen LogP contribution is -2.27. The number of rotatable bonds is 8. The number of benzene rings is 2. The van der Waals surface area contributed by atoms with Crippen LogP contribution in [-0.4, -0.2) is 49.6 Å². The van der Waals surface area contributed by atoms with Crippen LogP contribution in [0.2, 0.25) is 0 Å². The van der Waals surface area contributed by atoms with Gasteiger partial charge in [-0.1, -0.05) is 6.07 Å². The van der Waals surface area contributed by atoms with Gasteiger partial charge in [0.2, 0.25) is 0 Å². The van der Waals surface area contributed by atoms with Crippen LogP contribution in [0.5, 0.6) is 23.0 Å². The van der Waals surface area contributed by atoms with Gasteiger partial charge in [-0.25, -0.2) is 0 Å². The molecule has 0 bridgehead atoms. The minimum absolute atomic E-state index is 0.0377. The molecule has 8 nitrogen and oxygen atoms in total. The van der Waals surface area contributed by atoms with Crippen LogP contribution in [0.1, 0.15) is 48.8 Å². The van der Waals surface area contributed by atoms with Crippen molar-refractivity contribution in [2.45, 2.75) is 32.1 Å². The largest absolute Gasteiger partial charge is 0.504 e. The Labute approximate surface area is 186 Å². The monoisotopic (exact) mass is 444 g/mol. The number of hydrogen-bond acceptors (Lipinski definition) is 8. The van der Waals surface area contributed by atoms with E-state index < -0.39 is 29.7 Å². The summed E-state index contributed by atoms with van der Waals surface area (Å²) in [5.74, 6) is -2.39. The molecule has 0 fully saturated rings. The smallest absolute Gasteiger partial charge is 0.310 e. The number of methoxy groups -OCH3 is 2. The molecule has 172 valence electrons. The van der Waals surface area contributed by atoms with Crippen molar-refractivity contribution in [2.75, 3.05) is 27.4 Å². The fraction of sp³-hybridized carbons (Fsp3) is 0.417. The van der Waals surface area contributed by atoms with Gasteiger partial charge in [0.25, 0.3) is 0 Å². The number of carbonyl (C=O) groups is 2. The Hall–Kier alpha value is -3.42. The van der Waals surface area contributed by atoms with E-state index in [0.717, 1.165) is 0 Å². The van der Waals surface area contributed by atoms with Gasteiger partial charge in [-0.15, -0.1) is 0 Å². The first-order valence-corrected chi connectivity index (χ1v) is 10.5. The van der Waals surface area contributed by atoms with Gasteiger partial charge in [0, 0.05) is 11.8 Å². The number of aromatic hydroxyl groups is 2. The number of ether oxygens (including phenoxy) is 4. The van der Waals surface area contributed by atoms with E-state index in [1.54, 1.807) is 38.1 Å². The summed E-state index contributed by atoms with van der Waals surface area (Å²) >= 11 is 0. The third kappa shape index (κ3) is 4.30. The molecule has 0 radical (unpaired) electrons. The molecular weight excluding hydrogens is 416 g/mol. The molecule has 0 spiro atoms. The summed E-state index contributed by atoms with van der Waals surface area (Å²) in [5, 5.41) is 20.5. The Morgan fingerprint density at radius 2 is 1.53 bits per heavy atom. The summed E-state index contributed by atoms with van der Waals surface area (Å²) in [5.41, 5.74) is 2.04. The Kier molecular flexibility index (Phi) is 7.12. The third-order valence-corrected chi connectivity index (χ3v) is 5.73. The van der Waals surface area contributed by atoms with Gasteiger partial charge in [0.05, 0.1) is 39.8 Å². The van der Waals surface area contributed by atoms with Crippen molar-refractivity contribution in [3.05, 3.63) is 47.0 Å². The van der Waals surface area contributed by atoms with Crippen LogP contribution in [-0.2, 0) is 19.1 Å². The summed E-state index contributed by atoms with van der Waals surface area (Å²) in [6.07, 6.45) is -0.0377. The molecule has 2 aromatic rings. The van der Waals surface area contributed by atoms with Gasteiger partial charge in [0.15, 0.2) is 23.0 Å². The summed E-state index contributed by atoms with van der Waals surface area (Å²) in [6.45, 7) is 3.83. The maximum absolute atomic E-state index is 13.2. The van der Waals surface area contributed by atoms with Gasteiger partial charge >= 0.3 is 11.9 Å². The van der Waals surface area contributed by atoms with Crippen LogP contribution >= 0.6 is 0 Å². The van der Waals surface area contributed by atoms with Crippen LogP contribution in [0, 0.1) is 5.92 Å². The second kappa shape index (κ2) is 9.80. The summed E-state index contributed by atoms with van der Waals surface area (Å²) in [6, 6.07) is 8.02. The Bertz CT molecular complexity index is 1000. The molecular formula is C24H28O8. The highest BCUT2D eigenvalue weighted by atomic mass is 16.5. The molecule has 8 heteroatoms. The molecule has 0 amide bonds. The Morgan fingerprint density at radius 3 is 2.16 bits per heavy atom. The first-order chi connectivity index (χ1) is 15.4. The molecule has 0 saturated carbocycles. The molecule has 1 aliphatic rings. The summed E-state index contributed by atoms with van der Waals surface area (Å²) < 4.78 is 21.1. The van der Waals surface area contributed by atoms with E-state index in [2.05, 4.69) is 0 Å². The van der Waals surface area contributed by atoms with E-state index >= 15 is 0 Å². The van der Waals surface area contributed by atoms with Gasteiger partial charge in [-0.05, 0) is 54.8 Å². The number of hydrogen-bond donors (Lipinski definition) is 2. The zero-order valence-electron chi connectivity index (χ0n) is 18.6. The molecule has 32 heavy (non-hydrogen) atoms. The van der Waals surface area contributed by atoms with Crippen molar-refractivity contribution >= 4 is 11.9 Å². The van der Waals surface area contributed by atoms with E-state index in [-0.39, 0.29) is 42.6 Å². The third-order valence-electron chi connectivity index (χ3n) is 5.73. The molecule has 0 heterocycles. The van der Waals surface area contributed by atoms with Gasteiger partial charge in [0.1, 0.15) is 0 Å². The number of fused-ring (bicyclic) bond motifs is 1. The fourth-order valence-corrected chi connectivity index (χ4v) is 4.42. The van der Waals surface area contributed by atoms with Gasteiger partial charge in [-0.3, -0.25) is 9.59 Å². The summed E-state index contributed by atoms with van der Waals surface area (Å²) in [7, 11) is 2.87.